The quantitative estimate of drug-likeness (QED) is 0.652. The van der Waals surface area contributed by atoms with E-state index in [9.17, 15) is 9.59 Å². The van der Waals surface area contributed by atoms with Crippen LogP contribution in [0.15, 0.2) is 0 Å². The van der Waals surface area contributed by atoms with Crippen molar-refractivity contribution in [2.75, 3.05) is 6.54 Å². The first-order valence-corrected chi connectivity index (χ1v) is 4.87. The zero-order valence-corrected chi connectivity index (χ0v) is 9.17. The van der Waals surface area contributed by atoms with Crippen LogP contribution >= 0.6 is 0 Å². The number of carbonyl (C=O) groups is 2. The molecule has 0 saturated heterocycles. The van der Waals surface area contributed by atoms with Gasteiger partial charge in [-0.3, -0.25) is 9.59 Å². The highest BCUT2D eigenvalue weighted by Gasteiger charge is 2.30. The van der Waals surface area contributed by atoms with Crippen LogP contribution in [0.2, 0.25) is 0 Å². The van der Waals surface area contributed by atoms with E-state index in [-0.39, 0.29) is 24.2 Å². The maximum absolute atomic E-state index is 11.4. The van der Waals surface area contributed by atoms with Crippen LogP contribution in [0.25, 0.3) is 0 Å². The van der Waals surface area contributed by atoms with Crippen LogP contribution in [-0.2, 0) is 9.59 Å². The van der Waals surface area contributed by atoms with Gasteiger partial charge in [0, 0.05) is 11.3 Å². The fraction of sp³-hybridized carbons (Fsp3) is 0.800. The molecule has 0 aromatic heterocycles. The number of carbonyl (C=O) groups excluding carboxylic acids is 2. The van der Waals surface area contributed by atoms with Gasteiger partial charge in [-0.15, -0.1) is 0 Å². The highest BCUT2D eigenvalue weighted by atomic mass is 16.1. The van der Waals surface area contributed by atoms with Crippen molar-refractivity contribution in [1.82, 2.24) is 0 Å². The topological polar surface area (TPSA) is 86.2 Å². The highest BCUT2D eigenvalue weighted by molar-refractivity contribution is 5.86. The molecule has 0 aliphatic heterocycles. The normalized spacial score (nSPS) is 13.7. The molecule has 1 unspecified atom stereocenters. The molecular formula is C10H20N2O2. The van der Waals surface area contributed by atoms with Crippen molar-refractivity contribution in [3.05, 3.63) is 0 Å². The molecule has 0 rings (SSSR count). The molecule has 1 amide bonds. The van der Waals surface area contributed by atoms with Crippen LogP contribution in [0.4, 0.5) is 0 Å². The third kappa shape index (κ3) is 3.46. The van der Waals surface area contributed by atoms with Crippen molar-refractivity contribution in [3.63, 3.8) is 0 Å². The van der Waals surface area contributed by atoms with E-state index in [0.29, 0.717) is 12.8 Å². The summed E-state index contributed by atoms with van der Waals surface area (Å²) in [6.45, 7) is 5.50. The van der Waals surface area contributed by atoms with Gasteiger partial charge in [0.15, 0.2) is 5.78 Å². The molecule has 0 heterocycles. The minimum Gasteiger partial charge on any atom is -0.369 e. The lowest BCUT2D eigenvalue weighted by Gasteiger charge is -2.25. The Bertz CT molecular complexity index is 224. The second-order valence-electron chi connectivity index (χ2n) is 4.22. The van der Waals surface area contributed by atoms with Crippen molar-refractivity contribution >= 4 is 11.7 Å². The van der Waals surface area contributed by atoms with Gasteiger partial charge in [0.1, 0.15) is 0 Å². The van der Waals surface area contributed by atoms with E-state index in [2.05, 4.69) is 0 Å². The van der Waals surface area contributed by atoms with Crippen LogP contribution in [0, 0.1) is 11.3 Å². The van der Waals surface area contributed by atoms with Crippen LogP contribution < -0.4 is 11.5 Å². The number of Topliss-reactive ketones (excluding diaryl/α,β-unsaturated/α-hetero) is 1. The van der Waals surface area contributed by atoms with Crippen molar-refractivity contribution in [3.8, 4) is 0 Å². The molecule has 4 N–H and O–H groups in total. The smallest absolute Gasteiger partial charge is 0.220 e. The van der Waals surface area contributed by atoms with Gasteiger partial charge >= 0.3 is 0 Å². The summed E-state index contributed by atoms with van der Waals surface area (Å²) in [5.41, 5.74) is 9.95. The van der Waals surface area contributed by atoms with Gasteiger partial charge in [-0.2, -0.15) is 0 Å². The molecule has 0 saturated carbocycles. The molecule has 0 aliphatic carbocycles. The van der Waals surface area contributed by atoms with Crippen molar-refractivity contribution in [2.24, 2.45) is 22.8 Å². The summed E-state index contributed by atoms with van der Waals surface area (Å²) < 4.78 is 0. The van der Waals surface area contributed by atoms with Crippen molar-refractivity contribution < 1.29 is 9.59 Å². The van der Waals surface area contributed by atoms with Crippen LogP contribution in [0.5, 0.6) is 0 Å². The van der Waals surface area contributed by atoms with Crippen LogP contribution in [0.1, 0.15) is 33.6 Å². The number of hydrogen-bond donors (Lipinski definition) is 2. The van der Waals surface area contributed by atoms with Crippen LogP contribution in [-0.4, -0.2) is 18.2 Å². The van der Waals surface area contributed by atoms with E-state index in [0.717, 1.165) is 0 Å². The van der Waals surface area contributed by atoms with Gasteiger partial charge in [-0.25, -0.2) is 0 Å². The maximum atomic E-state index is 11.4. The summed E-state index contributed by atoms with van der Waals surface area (Å²) in [7, 11) is 0. The zero-order chi connectivity index (χ0) is 11.4. The van der Waals surface area contributed by atoms with Crippen molar-refractivity contribution in [1.29, 1.82) is 0 Å². The van der Waals surface area contributed by atoms with E-state index in [1.165, 1.54) is 0 Å². The molecule has 0 fully saturated rings. The van der Waals surface area contributed by atoms with Gasteiger partial charge in [0.25, 0.3) is 0 Å². The average Bonchev–Trinajstić information content (AvgIpc) is 2.12. The Kier molecular flexibility index (Phi) is 4.77. The maximum Gasteiger partial charge on any atom is 0.220 e. The number of amides is 1. The molecule has 0 aromatic carbocycles. The number of ketones is 1. The minimum atomic E-state index is -0.551. The molecule has 0 aliphatic rings. The zero-order valence-electron chi connectivity index (χ0n) is 9.17. The number of primary amides is 1. The second kappa shape index (κ2) is 5.10. The molecule has 82 valence electrons. The van der Waals surface area contributed by atoms with E-state index in [1.807, 2.05) is 6.92 Å². The molecule has 0 bridgehead atoms. The van der Waals surface area contributed by atoms with Gasteiger partial charge in [-0.1, -0.05) is 20.8 Å². The Hall–Kier alpha value is -0.900. The first kappa shape index (κ1) is 13.1. The summed E-state index contributed by atoms with van der Waals surface area (Å²) in [6, 6.07) is 0. The van der Waals surface area contributed by atoms with E-state index >= 15 is 0 Å². The van der Waals surface area contributed by atoms with Gasteiger partial charge in [-0.05, 0) is 12.8 Å². The molecular weight excluding hydrogens is 180 g/mol. The summed E-state index contributed by atoms with van der Waals surface area (Å²) >= 11 is 0. The standard InChI is InChI=1S/C10H20N2O2/c1-4-7(9(12)14)5-10(2,3)8(13)6-11/h7H,4-6,11H2,1-3H3,(H2,12,14). The molecule has 0 spiro atoms. The van der Waals surface area contributed by atoms with Crippen LogP contribution in [0.3, 0.4) is 0 Å². The molecule has 0 radical (unpaired) electrons. The van der Waals surface area contributed by atoms with E-state index in [4.69, 9.17) is 11.5 Å². The Morgan fingerprint density at radius 1 is 1.36 bits per heavy atom. The first-order chi connectivity index (χ1) is 6.35. The fourth-order valence-electron chi connectivity index (χ4n) is 1.45. The van der Waals surface area contributed by atoms with Crippen molar-refractivity contribution in [2.45, 2.75) is 33.6 Å². The monoisotopic (exact) mass is 200 g/mol. The number of hydrogen-bond acceptors (Lipinski definition) is 3. The predicted octanol–water partition coefficient (Wildman–Crippen LogP) is 0.442. The largest absolute Gasteiger partial charge is 0.369 e. The molecule has 4 heteroatoms. The predicted molar refractivity (Wildman–Crippen MR) is 55.4 cm³/mol. The number of nitrogens with two attached hydrogens (primary N) is 2. The Morgan fingerprint density at radius 2 is 1.86 bits per heavy atom. The third-order valence-electron chi connectivity index (χ3n) is 2.59. The van der Waals surface area contributed by atoms with Gasteiger partial charge in [0.05, 0.1) is 6.54 Å². The minimum absolute atomic E-state index is 0.0161. The third-order valence-corrected chi connectivity index (χ3v) is 2.59. The molecule has 0 aromatic rings. The second-order valence-corrected chi connectivity index (χ2v) is 4.22. The fourth-order valence-corrected chi connectivity index (χ4v) is 1.45. The summed E-state index contributed by atoms with van der Waals surface area (Å²) in [4.78, 5) is 22.4. The lowest BCUT2D eigenvalue weighted by molar-refractivity contribution is -0.128. The Labute approximate surface area is 85.0 Å². The van der Waals surface area contributed by atoms with Gasteiger partial charge < -0.3 is 11.5 Å². The first-order valence-electron chi connectivity index (χ1n) is 4.87. The van der Waals surface area contributed by atoms with Gasteiger partial charge in [0.2, 0.25) is 5.91 Å². The summed E-state index contributed by atoms with van der Waals surface area (Å²) in [5.74, 6) is -0.608. The average molecular weight is 200 g/mol. The lowest BCUT2D eigenvalue weighted by atomic mass is 9.78. The van der Waals surface area contributed by atoms with E-state index in [1.54, 1.807) is 13.8 Å². The summed E-state index contributed by atoms with van der Waals surface area (Å²) in [5, 5.41) is 0. The Morgan fingerprint density at radius 3 is 2.14 bits per heavy atom. The summed E-state index contributed by atoms with van der Waals surface area (Å²) in [6.07, 6.45) is 1.14. The molecule has 14 heavy (non-hydrogen) atoms. The molecule has 1 atom stereocenters. The highest BCUT2D eigenvalue weighted by Crippen LogP contribution is 2.27. The molecule has 4 nitrogen and oxygen atoms in total. The number of rotatable bonds is 6. The lowest BCUT2D eigenvalue weighted by Crippen LogP contribution is -2.35. The SMILES string of the molecule is CCC(CC(C)(C)C(=O)CN)C(N)=O. The van der Waals surface area contributed by atoms with E-state index < -0.39 is 5.41 Å². The Balaban J connectivity index is 4.47.